The highest BCUT2D eigenvalue weighted by Crippen LogP contribution is 2.21. The van der Waals surface area contributed by atoms with Gasteiger partial charge < -0.3 is 5.73 Å². The average Bonchev–Trinajstić information content (AvgIpc) is 1.88. The van der Waals surface area contributed by atoms with Gasteiger partial charge in [-0.15, -0.1) is 5.11 Å². The fourth-order valence-electron chi connectivity index (χ4n) is 0.541. The third kappa shape index (κ3) is 1.30. The molecule has 0 amide bonds. The number of nitrogens with one attached hydrogen (secondary N) is 1. The first-order valence-electron chi connectivity index (χ1n) is 2.52. The maximum absolute atomic E-state index is 6.62. The van der Waals surface area contributed by atoms with Crippen molar-refractivity contribution in [3.8, 4) is 0 Å². The molecule has 0 bridgehead atoms. The molecule has 0 aliphatic rings. The van der Waals surface area contributed by atoms with Crippen LogP contribution in [0.1, 0.15) is 0 Å². The molecule has 0 radical (unpaired) electrons. The molecular weight excluding hydrogens is 196 g/mol. The van der Waals surface area contributed by atoms with Crippen LogP contribution < -0.4 is 5.73 Å². The Morgan fingerprint density at radius 1 is 1.70 bits per heavy atom. The van der Waals surface area contributed by atoms with Gasteiger partial charge in [0.25, 0.3) is 0 Å². The minimum Gasteiger partial charge on any atom is -0.396 e. The predicted molar refractivity (Wildman–Crippen MR) is 41.2 cm³/mol. The normalized spacial score (nSPS) is 9.30. The maximum atomic E-state index is 6.62. The second-order valence-corrected chi connectivity index (χ2v) is 2.59. The average molecular weight is 201 g/mol. The van der Waals surface area contributed by atoms with E-state index in [2.05, 4.69) is 26.0 Å². The van der Waals surface area contributed by atoms with E-state index in [4.69, 9.17) is 11.3 Å². The molecule has 1 rings (SSSR count). The van der Waals surface area contributed by atoms with Crippen LogP contribution in [-0.4, -0.2) is 4.98 Å². The van der Waals surface area contributed by atoms with E-state index in [9.17, 15) is 0 Å². The van der Waals surface area contributed by atoms with Gasteiger partial charge in [-0.2, -0.15) is 0 Å². The zero-order valence-corrected chi connectivity index (χ0v) is 6.59. The lowest BCUT2D eigenvalue weighted by atomic mass is 10.4. The second-order valence-electron chi connectivity index (χ2n) is 1.68. The van der Waals surface area contributed by atoms with Gasteiger partial charge in [0.05, 0.1) is 5.69 Å². The highest BCUT2D eigenvalue weighted by molar-refractivity contribution is 9.10. The first-order chi connectivity index (χ1) is 4.74. The van der Waals surface area contributed by atoms with Crippen LogP contribution in [0.15, 0.2) is 21.9 Å². The highest BCUT2D eigenvalue weighted by atomic mass is 79.9. The fourth-order valence-corrected chi connectivity index (χ4v) is 0.890. The van der Waals surface area contributed by atoms with Crippen molar-refractivity contribution >= 4 is 27.4 Å². The summed E-state index contributed by atoms with van der Waals surface area (Å²) in [4.78, 5) is 3.77. The SMILES string of the molecule is N=Nc1ncc(Br)cc1N. The molecule has 0 fully saturated rings. The molecule has 0 aliphatic carbocycles. The van der Waals surface area contributed by atoms with E-state index in [-0.39, 0.29) is 5.82 Å². The van der Waals surface area contributed by atoms with E-state index in [1.165, 1.54) is 0 Å². The zero-order chi connectivity index (χ0) is 7.56. The van der Waals surface area contributed by atoms with E-state index in [1.54, 1.807) is 12.3 Å². The van der Waals surface area contributed by atoms with E-state index < -0.39 is 0 Å². The molecule has 0 atom stereocenters. The number of rotatable bonds is 1. The van der Waals surface area contributed by atoms with Crippen molar-refractivity contribution in [1.82, 2.24) is 4.98 Å². The summed E-state index contributed by atoms with van der Waals surface area (Å²) in [6.07, 6.45) is 1.55. The Hall–Kier alpha value is -0.970. The Morgan fingerprint density at radius 3 is 2.90 bits per heavy atom. The van der Waals surface area contributed by atoms with Crippen LogP contribution in [0.5, 0.6) is 0 Å². The van der Waals surface area contributed by atoms with Crippen LogP contribution in [0, 0.1) is 5.53 Å². The molecule has 0 aromatic carbocycles. The molecule has 10 heavy (non-hydrogen) atoms. The molecule has 0 spiro atoms. The standard InChI is InChI=1S/C5H5BrN4/c6-3-1-4(7)5(10-8)9-2-3/h1-2,8H,7H2. The lowest BCUT2D eigenvalue weighted by molar-refractivity contribution is 1.09. The van der Waals surface area contributed by atoms with Gasteiger partial charge in [-0.05, 0) is 22.0 Å². The van der Waals surface area contributed by atoms with Crippen LogP contribution in [0.2, 0.25) is 0 Å². The number of halogens is 1. The van der Waals surface area contributed by atoms with Crippen molar-refractivity contribution in [2.75, 3.05) is 5.73 Å². The Labute approximate surface area is 66.1 Å². The minimum atomic E-state index is 0.253. The molecule has 4 nitrogen and oxygen atoms in total. The van der Waals surface area contributed by atoms with Crippen LogP contribution in [0.4, 0.5) is 11.5 Å². The summed E-state index contributed by atoms with van der Waals surface area (Å²) >= 11 is 3.18. The zero-order valence-electron chi connectivity index (χ0n) is 5.00. The van der Waals surface area contributed by atoms with Gasteiger partial charge in [0, 0.05) is 10.7 Å². The van der Waals surface area contributed by atoms with Crippen molar-refractivity contribution in [2.45, 2.75) is 0 Å². The largest absolute Gasteiger partial charge is 0.396 e. The summed E-state index contributed by atoms with van der Waals surface area (Å²) in [5, 5.41) is 3.10. The molecular formula is C5H5BrN4. The third-order valence-corrected chi connectivity index (χ3v) is 1.40. The number of anilines is 1. The monoisotopic (exact) mass is 200 g/mol. The Kier molecular flexibility index (Phi) is 1.96. The van der Waals surface area contributed by atoms with Gasteiger partial charge in [0.1, 0.15) is 0 Å². The van der Waals surface area contributed by atoms with Crippen LogP contribution in [-0.2, 0) is 0 Å². The Morgan fingerprint density at radius 2 is 2.40 bits per heavy atom. The molecule has 5 heteroatoms. The Balaban J connectivity index is 3.19. The number of hydrogen-bond donors (Lipinski definition) is 2. The topological polar surface area (TPSA) is 75.1 Å². The molecule has 1 aromatic heterocycles. The molecule has 0 saturated carbocycles. The fraction of sp³-hybridized carbons (Fsp3) is 0. The summed E-state index contributed by atoms with van der Waals surface area (Å²) in [6.45, 7) is 0. The summed E-state index contributed by atoms with van der Waals surface area (Å²) in [5.74, 6) is 0.253. The summed E-state index contributed by atoms with van der Waals surface area (Å²) in [5.41, 5.74) is 12.5. The number of nitrogens with two attached hydrogens (primary N) is 1. The lowest BCUT2D eigenvalue weighted by Gasteiger charge is -1.95. The maximum Gasteiger partial charge on any atom is 0.196 e. The smallest absolute Gasteiger partial charge is 0.196 e. The lowest BCUT2D eigenvalue weighted by Crippen LogP contribution is -1.86. The van der Waals surface area contributed by atoms with E-state index in [0.29, 0.717) is 5.69 Å². The van der Waals surface area contributed by atoms with Crippen LogP contribution in [0.25, 0.3) is 0 Å². The highest BCUT2D eigenvalue weighted by Gasteiger charge is 1.97. The predicted octanol–water partition coefficient (Wildman–Crippen LogP) is 2.09. The molecule has 1 aromatic rings. The minimum absolute atomic E-state index is 0.253. The van der Waals surface area contributed by atoms with Crippen molar-refractivity contribution in [2.24, 2.45) is 5.11 Å². The van der Waals surface area contributed by atoms with Gasteiger partial charge in [-0.1, -0.05) is 0 Å². The first-order valence-corrected chi connectivity index (χ1v) is 3.32. The van der Waals surface area contributed by atoms with Crippen LogP contribution >= 0.6 is 15.9 Å². The van der Waals surface area contributed by atoms with Crippen molar-refractivity contribution in [3.05, 3.63) is 16.7 Å². The van der Waals surface area contributed by atoms with Crippen molar-refractivity contribution in [1.29, 1.82) is 5.53 Å². The van der Waals surface area contributed by atoms with Gasteiger partial charge in [-0.3, -0.25) is 0 Å². The number of nitrogen functional groups attached to an aromatic ring is 1. The van der Waals surface area contributed by atoms with Crippen LogP contribution in [0.3, 0.4) is 0 Å². The van der Waals surface area contributed by atoms with Gasteiger partial charge in [-0.25, -0.2) is 10.5 Å². The number of nitrogens with zero attached hydrogens (tertiary/aromatic N) is 2. The number of aromatic nitrogens is 1. The molecule has 1 heterocycles. The van der Waals surface area contributed by atoms with E-state index >= 15 is 0 Å². The first kappa shape index (κ1) is 7.14. The Bertz CT molecular complexity index is 260. The second kappa shape index (κ2) is 2.74. The molecule has 52 valence electrons. The van der Waals surface area contributed by atoms with Gasteiger partial charge in [0.2, 0.25) is 0 Å². The van der Waals surface area contributed by atoms with E-state index in [1.807, 2.05) is 0 Å². The van der Waals surface area contributed by atoms with E-state index in [0.717, 1.165) is 4.47 Å². The summed E-state index contributed by atoms with van der Waals surface area (Å²) < 4.78 is 0.789. The summed E-state index contributed by atoms with van der Waals surface area (Å²) in [6, 6.07) is 1.65. The van der Waals surface area contributed by atoms with Crippen molar-refractivity contribution in [3.63, 3.8) is 0 Å². The van der Waals surface area contributed by atoms with Gasteiger partial charge >= 0.3 is 0 Å². The van der Waals surface area contributed by atoms with Crippen molar-refractivity contribution < 1.29 is 0 Å². The molecule has 0 aliphatic heterocycles. The number of hydrogen-bond acceptors (Lipinski definition) is 4. The molecule has 0 saturated heterocycles. The number of pyridine rings is 1. The molecule has 0 unspecified atom stereocenters. The quantitative estimate of drug-likeness (QED) is 0.682. The molecule has 3 N–H and O–H groups in total. The van der Waals surface area contributed by atoms with Gasteiger partial charge in [0.15, 0.2) is 5.82 Å². The summed E-state index contributed by atoms with van der Waals surface area (Å²) in [7, 11) is 0. The third-order valence-electron chi connectivity index (χ3n) is 0.968.